The summed E-state index contributed by atoms with van der Waals surface area (Å²) in [4.78, 5) is 12.3. The quantitative estimate of drug-likeness (QED) is 0.847. The standard InChI is InChI=1S/C14H21ClN2O3/c1-5-14(2,8-16)13(18)17-10-7-11(19-3)9(15)6-12(10)20-4/h6-7H,5,8,16H2,1-4H3,(H,17,18). The smallest absolute Gasteiger partial charge is 0.231 e. The molecule has 0 aliphatic rings. The number of anilines is 1. The summed E-state index contributed by atoms with van der Waals surface area (Å²) in [6.07, 6.45) is 0.641. The number of halogens is 1. The van der Waals surface area contributed by atoms with Crippen molar-refractivity contribution in [1.29, 1.82) is 0 Å². The first-order valence-electron chi connectivity index (χ1n) is 6.35. The van der Waals surface area contributed by atoms with E-state index in [2.05, 4.69) is 5.32 Å². The van der Waals surface area contributed by atoms with Crippen molar-refractivity contribution >= 4 is 23.2 Å². The summed E-state index contributed by atoms with van der Waals surface area (Å²) < 4.78 is 10.4. The lowest BCUT2D eigenvalue weighted by Gasteiger charge is -2.25. The van der Waals surface area contributed by atoms with Gasteiger partial charge in [0.05, 0.1) is 30.3 Å². The molecule has 0 saturated carbocycles. The summed E-state index contributed by atoms with van der Waals surface area (Å²) in [7, 11) is 3.02. The molecule has 1 unspecified atom stereocenters. The van der Waals surface area contributed by atoms with E-state index in [0.717, 1.165) is 0 Å². The molecule has 20 heavy (non-hydrogen) atoms. The highest BCUT2D eigenvalue weighted by molar-refractivity contribution is 6.32. The number of benzene rings is 1. The van der Waals surface area contributed by atoms with Gasteiger partial charge >= 0.3 is 0 Å². The Morgan fingerprint density at radius 3 is 2.40 bits per heavy atom. The van der Waals surface area contributed by atoms with Gasteiger partial charge in [0.2, 0.25) is 5.91 Å². The van der Waals surface area contributed by atoms with E-state index in [9.17, 15) is 4.79 Å². The Morgan fingerprint density at radius 2 is 1.95 bits per heavy atom. The zero-order chi connectivity index (χ0) is 15.3. The molecule has 0 saturated heterocycles. The average Bonchev–Trinajstić information content (AvgIpc) is 2.47. The van der Waals surface area contributed by atoms with E-state index in [0.29, 0.717) is 28.6 Å². The normalized spacial score (nSPS) is 13.5. The lowest BCUT2D eigenvalue weighted by atomic mass is 9.86. The van der Waals surface area contributed by atoms with E-state index in [-0.39, 0.29) is 12.5 Å². The number of ether oxygens (including phenoxy) is 2. The molecule has 5 nitrogen and oxygen atoms in total. The maximum absolute atomic E-state index is 12.3. The van der Waals surface area contributed by atoms with E-state index in [1.54, 1.807) is 12.1 Å². The minimum absolute atomic E-state index is 0.162. The van der Waals surface area contributed by atoms with Crippen LogP contribution in [-0.4, -0.2) is 26.7 Å². The van der Waals surface area contributed by atoms with E-state index in [1.807, 2.05) is 13.8 Å². The monoisotopic (exact) mass is 300 g/mol. The summed E-state index contributed by atoms with van der Waals surface area (Å²) in [5, 5.41) is 3.24. The molecule has 0 aromatic heterocycles. The second-order valence-corrected chi connectivity index (χ2v) is 5.17. The van der Waals surface area contributed by atoms with E-state index >= 15 is 0 Å². The molecule has 0 heterocycles. The Hall–Kier alpha value is -1.46. The van der Waals surface area contributed by atoms with Gasteiger partial charge in [-0.1, -0.05) is 18.5 Å². The first kappa shape index (κ1) is 16.6. The summed E-state index contributed by atoms with van der Waals surface area (Å²) in [5.41, 5.74) is 5.56. The molecule has 6 heteroatoms. The summed E-state index contributed by atoms with van der Waals surface area (Å²) in [6, 6.07) is 3.23. The Kier molecular flexibility index (Phi) is 5.65. The molecular weight excluding hydrogens is 280 g/mol. The third-order valence-electron chi connectivity index (χ3n) is 3.50. The molecular formula is C14H21ClN2O3. The maximum Gasteiger partial charge on any atom is 0.231 e. The highest BCUT2D eigenvalue weighted by Gasteiger charge is 2.30. The SMILES string of the molecule is CCC(C)(CN)C(=O)Nc1cc(OC)c(Cl)cc1OC. The van der Waals surface area contributed by atoms with E-state index in [1.165, 1.54) is 14.2 Å². The molecule has 1 atom stereocenters. The third-order valence-corrected chi connectivity index (χ3v) is 3.80. The molecule has 0 aliphatic heterocycles. The van der Waals surface area contributed by atoms with Gasteiger partial charge in [0.1, 0.15) is 11.5 Å². The first-order valence-corrected chi connectivity index (χ1v) is 6.72. The fourth-order valence-electron chi connectivity index (χ4n) is 1.63. The number of nitrogens with one attached hydrogen (secondary N) is 1. The molecule has 0 aliphatic carbocycles. The van der Waals surface area contributed by atoms with Crippen molar-refractivity contribution in [3.05, 3.63) is 17.2 Å². The molecule has 1 aromatic carbocycles. The summed E-state index contributed by atoms with van der Waals surface area (Å²) >= 11 is 6.02. The van der Waals surface area contributed by atoms with Crippen LogP contribution in [0.5, 0.6) is 11.5 Å². The van der Waals surface area contributed by atoms with Crippen LogP contribution in [0.3, 0.4) is 0 Å². The van der Waals surface area contributed by atoms with Crippen LogP contribution in [-0.2, 0) is 4.79 Å². The van der Waals surface area contributed by atoms with Crippen LogP contribution in [0.2, 0.25) is 5.02 Å². The molecule has 112 valence electrons. The average molecular weight is 301 g/mol. The largest absolute Gasteiger partial charge is 0.495 e. The van der Waals surface area contributed by atoms with Gasteiger partial charge < -0.3 is 20.5 Å². The van der Waals surface area contributed by atoms with Gasteiger partial charge in [-0.25, -0.2) is 0 Å². The van der Waals surface area contributed by atoms with Crippen LogP contribution in [0, 0.1) is 5.41 Å². The number of hydrogen-bond donors (Lipinski definition) is 2. The van der Waals surface area contributed by atoms with Crippen LogP contribution < -0.4 is 20.5 Å². The van der Waals surface area contributed by atoms with Crippen LogP contribution in [0.1, 0.15) is 20.3 Å². The number of carbonyl (C=O) groups excluding carboxylic acids is 1. The minimum Gasteiger partial charge on any atom is -0.495 e. The number of nitrogens with two attached hydrogens (primary N) is 1. The number of amides is 1. The van der Waals surface area contributed by atoms with Gasteiger partial charge in [-0.2, -0.15) is 0 Å². The fraction of sp³-hybridized carbons (Fsp3) is 0.500. The second kappa shape index (κ2) is 6.81. The fourth-order valence-corrected chi connectivity index (χ4v) is 1.86. The lowest BCUT2D eigenvalue weighted by molar-refractivity contribution is -0.124. The van der Waals surface area contributed by atoms with Crippen LogP contribution in [0.25, 0.3) is 0 Å². The highest BCUT2D eigenvalue weighted by Crippen LogP contribution is 2.36. The topological polar surface area (TPSA) is 73.6 Å². The maximum atomic E-state index is 12.3. The minimum atomic E-state index is -0.627. The van der Waals surface area contributed by atoms with Gasteiger partial charge in [0.15, 0.2) is 0 Å². The van der Waals surface area contributed by atoms with Crippen LogP contribution in [0.4, 0.5) is 5.69 Å². The van der Waals surface area contributed by atoms with Gasteiger partial charge in [-0.15, -0.1) is 0 Å². The van der Waals surface area contributed by atoms with E-state index in [4.69, 9.17) is 26.8 Å². The van der Waals surface area contributed by atoms with E-state index < -0.39 is 5.41 Å². The molecule has 0 fully saturated rings. The Morgan fingerprint density at radius 1 is 1.35 bits per heavy atom. The Bertz CT molecular complexity index is 488. The van der Waals surface area contributed by atoms with Crippen molar-refractivity contribution in [2.24, 2.45) is 11.1 Å². The molecule has 3 N–H and O–H groups in total. The second-order valence-electron chi connectivity index (χ2n) is 4.76. The number of rotatable bonds is 6. The van der Waals surface area contributed by atoms with Gasteiger partial charge in [-0.05, 0) is 13.3 Å². The summed E-state index contributed by atoms with van der Waals surface area (Å²) in [6.45, 7) is 4.01. The number of carbonyl (C=O) groups is 1. The zero-order valence-electron chi connectivity index (χ0n) is 12.2. The third kappa shape index (κ3) is 3.35. The molecule has 1 amide bonds. The lowest BCUT2D eigenvalue weighted by Crippen LogP contribution is -2.39. The Labute approximate surface area is 124 Å². The zero-order valence-corrected chi connectivity index (χ0v) is 13.0. The van der Waals surface area contributed by atoms with Gasteiger partial charge in [0.25, 0.3) is 0 Å². The van der Waals surface area contributed by atoms with Crippen molar-refractivity contribution in [2.45, 2.75) is 20.3 Å². The molecule has 0 spiro atoms. The van der Waals surface area contributed by atoms with Crippen molar-refractivity contribution in [3.8, 4) is 11.5 Å². The van der Waals surface area contributed by atoms with Crippen molar-refractivity contribution in [1.82, 2.24) is 0 Å². The van der Waals surface area contributed by atoms with Crippen LogP contribution in [0.15, 0.2) is 12.1 Å². The molecule has 1 rings (SSSR count). The molecule has 1 aromatic rings. The predicted molar refractivity (Wildman–Crippen MR) is 80.6 cm³/mol. The van der Waals surface area contributed by atoms with Crippen molar-refractivity contribution < 1.29 is 14.3 Å². The highest BCUT2D eigenvalue weighted by atomic mass is 35.5. The Balaban J connectivity index is 3.11. The van der Waals surface area contributed by atoms with Crippen LogP contribution >= 0.6 is 11.6 Å². The van der Waals surface area contributed by atoms with Gasteiger partial charge in [-0.3, -0.25) is 4.79 Å². The van der Waals surface area contributed by atoms with Crippen molar-refractivity contribution in [2.75, 3.05) is 26.1 Å². The molecule has 0 bridgehead atoms. The summed E-state index contributed by atoms with van der Waals surface area (Å²) in [5.74, 6) is 0.776. The molecule has 0 radical (unpaired) electrons. The predicted octanol–water partition coefficient (Wildman–Crippen LogP) is 2.67. The first-order chi connectivity index (χ1) is 9.41. The number of hydrogen-bond acceptors (Lipinski definition) is 4. The van der Waals surface area contributed by atoms with Crippen molar-refractivity contribution in [3.63, 3.8) is 0 Å². The number of methoxy groups -OCH3 is 2. The van der Waals surface area contributed by atoms with Gasteiger partial charge in [0, 0.05) is 18.7 Å².